The Morgan fingerprint density at radius 1 is 1.47 bits per heavy atom. The van der Waals surface area contributed by atoms with Gasteiger partial charge in [-0.15, -0.1) is 0 Å². The Morgan fingerprint density at radius 2 is 2.29 bits per heavy atom. The van der Waals surface area contributed by atoms with Crippen LogP contribution in [0.1, 0.15) is 18.4 Å². The standard InChI is InChI=1S/C13H19BrN2O/c1-17-5-4-15-10-13(2-3-13)7-11-6-12(14)9-16-8-11/h6,8-9,15H,2-5,7,10H2,1H3. The van der Waals surface area contributed by atoms with Crippen LogP contribution in [0.5, 0.6) is 0 Å². The van der Waals surface area contributed by atoms with Gasteiger partial charge in [0.15, 0.2) is 0 Å². The summed E-state index contributed by atoms with van der Waals surface area (Å²) < 4.78 is 6.10. The van der Waals surface area contributed by atoms with Gasteiger partial charge >= 0.3 is 0 Å². The van der Waals surface area contributed by atoms with Crippen molar-refractivity contribution in [2.24, 2.45) is 5.41 Å². The summed E-state index contributed by atoms with van der Waals surface area (Å²) in [7, 11) is 1.74. The van der Waals surface area contributed by atoms with E-state index in [1.165, 1.54) is 18.4 Å². The van der Waals surface area contributed by atoms with Crippen LogP contribution in [0.2, 0.25) is 0 Å². The van der Waals surface area contributed by atoms with Gasteiger partial charge in [-0.25, -0.2) is 0 Å². The predicted molar refractivity (Wildman–Crippen MR) is 72.1 cm³/mol. The fraction of sp³-hybridized carbons (Fsp3) is 0.615. The molecule has 3 nitrogen and oxygen atoms in total. The van der Waals surface area contributed by atoms with Crippen LogP contribution in [0.4, 0.5) is 0 Å². The first-order chi connectivity index (χ1) is 8.24. The fourth-order valence-corrected chi connectivity index (χ4v) is 2.52. The second-order valence-corrected chi connectivity index (χ2v) is 5.77. The summed E-state index contributed by atoms with van der Waals surface area (Å²) in [5.41, 5.74) is 1.79. The smallest absolute Gasteiger partial charge is 0.0587 e. The van der Waals surface area contributed by atoms with Gasteiger partial charge in [-0.2, -0.15) is 0 Å². The Kier molecular flexibility index (Phi) is 4.54. The first kappa shape index (κ1) is 13.0. The van der Waals surface area contributed by atoms with Crippen molar-refractivity contribution >= 4 is 15.9 Å². The van der Waals surface area contributed by atoms with Gasteiger partial charge in [-0.05, 0) is 52.2 Å². The largest absolute Gasteiger partial charge is 0.383 e. The second-order valence-electron chi connectivity index (χ2n) is 4.86. The van der Waals surface area contributed by atoms with E-state index in [4.69, 9.17) is 4.74 Å². The van der Waals surface area contributed by atoms with Crippen molar-refractivity contribution in [3.8, 4) is 0 Å². The second kappa shape index (κ2) is 5.94. The molecule has 0 atom stereocenters. The van der Waals surface area contributed by atoms with Gasteiger partial charge in [-0.1, -0.05) is 0 Å². The lowest BCUT2D eigenvalue weighted by molar-refractivity contribution is 0.197. The Balaban J connectivity index is 1.81. The average molecular weight is 299 g/mol. The van der Waals surface area contributed by atoms with Crippen LogP contribution >= 0.6 is 15.9 Å². The summed E-state index contributed by atoms with van der Waals surface area (Å²) in [6.07, 6.45) is 7.57. The maximum absolute atomic E-state index is 5.03. The molecule has 2 rings (SSSR count). The third kappa shape index (κ3) is 4.05. The lowest BCUT2D eigenvalue weighted by atomic mass is 9.97. The zero-order chi connectivity index (χ0) is 12.1. The van der Waals surface area contributed by atoms with Gasteiger partial charge in [0.05, 0.1) is 6.61 Å². The summed E-state index contributed by atoms with van der Waals surface area (Å²) in [5, 5.41) is 3.47. The van der Waals surface area contributed by atoms with Crippen molar-refractivity contribution in [3.63, 3.8) is 0 Å². The first-order valence-corrected chi connectivity index (χ1v) is 6.82. The van der Waals surface area contributed by atoms with E-state index < -0.39 is 0 Å². The molecule has 0 aliphatic heterocycles. The highest BCUT2D eigenvalue weighted by molar-refractivity contribution is 9.10. The Bertz CT molecular complexity index is 366. The number of nitrogens with one attached hydrogen (secondary N) is 1. The van der Waals surface area contributed by atoms with E-state index in [0.717, 1.165) is 30.6 Å². The Hall–Kier alpha value is -0.450. The van der Waals surface area contributed by atoms with Crippen molar-refractivity contribution in [1.29, 1.82) is 0 Å². The Morgan fingerprint density at radius 3 is 2.94 bits per heavy atom. The zero-order valence-electron chi connectivity index (χ0n) is 10.2. The number of methoxy groups -OCH3 is 1. The van der Waals surface area contributed by atoms with Gasteiger partial charge in [0.1, 0.15) is 0 Å². The minimum atomic E-state index is 0.468. The molecule has 0 radical (unpaired) electrons. The van der Waals surface area contributed by atoms with Crippen molar-refractivity contribution < 1.29 is 4.74 Å². The SMILES string of the molecule is COCCNCC1(Cc2cncc(Br)c2)CC1. The molecule has 1 aromatic heterocycles. The number of ether oxygens (including phenoxy) is 1. The van der Waals surface area contributed by atoms with Crippen molar-refractivity contribution in [1.82, 2.24) is 10.3 Å². The summed E-state index contributed by atoms with van der Waals surface area (Å²) in [5.74, 6) is 0. The number of hydrogen-bond acceptors (Lipinski definition) is 3. The molecule has 1 saturated carbocycles. The van der Waals surface area contributed by atoms with E-state index in [1.54, 1.807) is 7.11 Å². The molecule has 1 aromatic rings. The van der Waals surface area contributed by atoms with Gasteiger partial charge in [-0.3, -0.25) is 4.98 Å². The third-order valence-corrected chi connectivity index (χ3v) is 3.71. The number of aromatic nitrogens is 1. The van der Waals surface area contributed by atoms with E-state index in [-0.39, 0.29) is 0 Å². The molecule has 0 spiro atoms. The molecular formula is C13H19BrN2O. The summed E-state index contributed by atoms with van der Waals surface area (Å²) >= 11 is 3.47. The average Bonchev–Trinajstić information content (AvgIpc) is 3.05. The maximum Gasteiger partial charge on any atom is 0.0587 e. The number of rotatable bonds is 7. The van der Waals surface area contributed by atoms with Gasteiger partial charge in [0.2, 0.25) is 0 Å². The molecule has 94 valence electrons. The number of halogens is 1. The topological polar surface area (TPSA) is 34.1 Å². The van der Waals surface area contributed by atoms with E-state index in [9.17, 15) is 0 Å². The van der Waals surface area contributed by atoms with E-state index in [2.05, 4.69) is 32.3 Å². The quantitative estimate of drug-likeness (QED) is 0.785. The number of nitrogens with zero attached hydrogens (tertiary/aromatic N) is 1. The van der Waals surface area contributed by atoms with Crippen LogP contribution in [-0.4, -0.2) is 31.8 Å². The molecule has 1 N–H and O–H groups in total. The van der Waals surface area contributed by atoms with E-state index in [1.807, 2.05) is 12.4 Å². The molecule has 0 saturated heterocycles. The lowest BCUT2D eigenvalue weighted by Crippen LogP contribution is -2.28. The normalized spacial score (nSPS) is 17.1. The van der Waals surface area contributed by atoms with Gasteiger partial charge < -0.3 is 10.1 Å². The minimum absolute atomic E-state index is 0.468. The molecule has 1 aliphatic rings. The summed E-state index contributed by atoms with van der Waals surface area (Å²) in [6.45, 7) is 2.81. The highest BCUT2D eigenvalue weighted by Gasteiger charge is 2.41. The van der Waals surface area contributed by atoms with Gasteiger partial charge in [0, 0.05) is 37.1 Å². The van der Waals surface area contributed by atoms with Crippen LogP contribution in [0.15, 0.2) is 22.9 Å². The molecule has 0 amide bonds. The van der Waals surface area contributed by atoms with Gasteiger partial charge in [0.25, 0.3) is 0 Å². The third-order valence-electron chi connectivity index (χ3n) is 3.28. The molecule has 0 bridgehead atoms. The minimum Gasteiger partial charge on any atom is -0.383 e. The fourth-order valence-electron chi connectivity index (χ4n) is 2.11. The molecule has 1 heterocycles. The lowest BCUT2D eigenvalue weighted by Gasteiger charge is -2.16. The molecule has 0 unspecified atom stereocenters. The van der Waals surface area contributed by atoms with Crippen molar-refractivity contribution in [2.75, 3.05) is 26.8 Å². The molecule has 1 aliphatic carbocycles. The summed E-state index contributed by atoms with van der Waals surface area (Å²) in [6, 6.07) is 2.17. The van der Waals surface area contributed by atoms with Crippen LogP contribution < -0.4 is 5.32 Å². The zero-order valence-corrected chi connectivity index (χ0v) is 11.8. The Labute approximate surface area is 111 Å². The number of hydrogen-bond donors (Lipinski definition) is 1. The van der Waals surface area contributed by atoms with Crippen molar-refractivity contribution in [2.45, 2.75) is 19.3 Å². The first-order valence-electron chi connectivity index (χ1n) is 6.03. The van der Waals surface area contributed by atoms with Crippen LogP contribution in [0.3, 0.4) is 0 Å². The van der Waals surface area contributed by atoms with Crippen LogP contribution in [0.25, 0.3) is 0 Å². The van der Waals surface area contributed by atoms with Crippen molar-refractivity contribution in [3.05, 3.63) is 28.5 Å². The number of pyridine rings is 1. The monoisotopic (exact) mass is 298 g/mol. The molecule has 17 heavy (non-hydrogen) atoms. The highest BCUT2D eigenvalue weighted by atomic mass is 79.9. The molecule has 1 fully saturated rings. The summed E-state index contributed by atoms with van der Waals surface area (Å²) in [4.78, 5) is 4.22. The van der Waals surface area contributed by atoms with Crippen LogP contribution in [-0.2, 0) is 11.2 Å². The molecule has 4 heteroatoms. The predicted octanol–water partition coefficient (Wildman–Crippen LogP) is 2.40. The highest BCUT2D eigenvalue weighted by Crippen LogP contribution is 2.47. The van der Waals surface area contributed by atoms with Crippen LogP contribution in [0, 0.1) is 5.41 Å². The maximum atomic E-state index is 5.03. The molecular weight excluding hydrogens is 280 g/mol. The molecule has 0 aromatic carbocycles. The van der Waals surface area contributed by atoms with E-state index >= 15 is 0 Å². The van der Waals surface area contributed by atoms with E-state index in [0.29, 0.717) is 5.41 Å².